The Morgan fingerprint density at radius 1 is 0.739 bits per heavy atom. The quantitative estimate of drug-likeness (QED) is 0.573. The van der Waals surface area contributed by atoms with Crippen molar-refractivity contribution in [3.05, 3.63) is 47.5 Å². The molecule has 1 aromatic carbocycles. The minimum absolute atomic E-state index is 0.0432. The van der Waals surface area contributed by atoms with E-state index >= 15 is 0 Å². The molecule has 2 heterocycles. The Morgan fingerprint density at radius 3 is 1.70 bits per heavy atom. The van der Waals surface area contributed by atoms with Crippen molar-refractivity contribution in [2.24, 2.45) is 23.7 Å². The number of benzene rings is 1. The minimum atomic E-state index is -0.604. The van der Waals surface area contributed by atoms with Gasteiger partial charge >= 0.3 is 0 Å². The first-order valence-electron chi connectivity index (χ1n) is 7.63. The molecule has 2 aliphatic carbocycles. The van der Waals surface area contributed by atoms with Gasteiger partial charge in [-0.1, -0.05) is 24.3 Å². The summed E-state index contributed by atoms with van der Waals surface area (Å²) in [6, 6.07) is 6.37. The van der Waals surface area contributed by atoms with Crippen molar-refractivity contribution in [3.8, 4) is 0 Å². The van der Waals surface area contributed by atoms with E-state index in [-0.39, 0.29) is 23.0 Å². The van der Waals surface area contributed by atoms with E-state index < -0.39 is 35.5 Å². The molecule has 6 nitrogen and oxygen atoms in total. The van der Waals surface area contributed by atoms with Crippen molar-refractivity contribution in [3.63, 3.8) is 0 Å². The summed E-state index contributed by atoms with van der Waals surface area (Å²) in [4.78, 5) is 50.5. The molecule has 0 spiro atoms. The molecule has 5 rings (SSSR count). The molecule has 4 aliphatic rings. The molecule has 4 atom stereocenters. The topological polar surface area (TPSA) is 74.8 Å². The Hall–Kier alpha value is -2.76. The highest BCUT2D eigenvalue weighted by Crippen LogP contribution is 2.53. The van der Waals surface area contributed by atoms with Crippen LogP contribution in [0.4, 0.5) is 0 Å². The van der Waals surface area contributed by atoms with Gasteiger partial charge in [0.05, 0.1) is 23.0 Å². The molecule has 1 saturated heterocycles. The minimum Gasteiger partial charge on any atom is -0.272 e. The Balaban J connectivity index is 1.57. The van der Waals surface area contributed by atoms with E-state index in [1.807, 2.05) is 12.2 Å². The number of nitrogens with zero attached hydrogens (tertiary/aromatic N) is 2. The van der Waals surface area contributed by atoms with E-state index in [4.69, 9.17) is 0 Å². The average Bonchev–Trinajstić information content (AvgIpc) is 3.28. The molecule has 6 heteroatoms. The number of carbonyl (C=O) groups excluding carboxylic acids is 4. The lowest BCUT2D eigenvalue weighted by Crippen LogP contribution is -2.50. The lowest BCUT2D eigenvalue weighted by molar-refractivity contribution is -0.152. The zero-order valence-electron chi connectivity index (χ0n) is 12.0. The highest BCUT2D eigenvalue weighted by molar-refractivity contribution is 6.24. The first kappa shape index (κ1) is 12.8. The van der Waals surface area contributed by atoms with Gasteiger partial charge in [0, 0.05) is 0 Å². The van der Waals surface area contributed by atoms with E-state index in [2.05, 4.69) is 0 Å². The molecule has 0 unspecified atom stereocenters. The summed E-state index contributed by atoms with van der Waals surface area (Å²) in [5.74, 6) is -2.83. The van der Waals surface area contributed by atoms with Crippen molar-refractivity contribution in [2.45, 2.75) is 6.42 Å². The van der Waals surface area contributed by atoms with Gasteiger partial charge in [-0.05, 0) is 30.4 Å². The molecule has 1 saturated carbocycles. The van der Waals surface area contributed by atoms with Crippen molar-refractivity contribution in [1.29, 1.82) is 0 Å². The standard InChI is InChI=1S/C17H12N2O4/c20-14-10-3-1-2-4-11(10)15(21)18(14)19-16(22)12-8-5-6-9(7-8)13(12)17(19)23/h1-6,8-9,12-13H,7H2/t8-,9-,12+,13+/m0/s1. The Kier molecular flexibility index (Phi) is 2.19. The molecule has 1 aromatic rings. The lowest BCUT2D eigenvalue weighted by atomic mass is 9.85. The maximum absolute atomic E-state index is 12.7. The largest absolute Gasteiger partial charge is 0.281 e. The second kappa shape index (κ2) is 3.95. The van der Waals surface area contributed by atoms with Crippen molar-refractivity contribution in [2.75, 3.05) is 0 Å². The zero-order chi connectivity index (χ0) is 15.9. The third-order valence-electron chi connectivity index (χ3n) is 5.42. The normalized spacial score (nSPS) is 33.9. The van der Waals surface area contributed by atoms with Crippen LogP contribution in [0.1, 0.15) is 27.1 Å². The first-order valence-corrected chi connectivity index (χ1v) is 7.63. The highest BCUT2D eigenvalue weighted by Gasteiger charge is 2.62. The van der Waals surface area contributed by atoms with Crippen LogP contribution in [0, 0.1) is 23.7 Å². The summed E-state index contributed by atoms with van der Waals surface area (Å²) >= 11 is 0. The number of hydrogen-bond donors (Lipinski definition) is 0. The van der Waals surface area contributed by atoms with Crippen molar-refractivity contribution in [1.82, 2.24) is 10.0 Å². The monoisotopic (exact) mass is 308 g/mol. The zero-order valence-corrected chi connectivity index (χ0v) is 12.0. The molecule has 114 valence electrons. The first-order chi connectivity index (χ1) is 11.1. The van der Waals surface area contributed by atoms with Gasteiger partial charge in [0.15, 0.2) is 0 Å². The van der Waals surface area contributed by atoms with Crippen LogP contribution in [-0.2, 0) is 9.59 Å². The summed E-state index contributed by atoms with van der Waals surface area (Å²) < 4.78 is 0. The lowest BCUT2D eigenvalue weighted by Gasteiger charge is -2.25. The van der Waals surface area contributed by atoms with Gasteiger partial charge in [-0.15, -0.1) is 0 Å². The molecule has 2 aliphatic heterocycles. The number of fused-ring (bicyclic) bond motifs is 6. The Bertz CT molecular complexity index is 778. The molecular formula is C17H12N2O4. The molecular weight excluding hydrogens is 296 g/mol. The molecule has 0 N–H and O–H groups in total. The van der Waals surface area contributed by atoms with Crippen LogP contribution in [0.5, 0.6) is 0 Å². The van der Waals surface area contributed by atoms with E-state index in [1.165, 1.54) is 12.1 Å². The molecule has 4 amide bonds. The number of amides is 4. The van der Waals surface area contributed by atoms with Crippen LogP contribution < -0.4 is 0 Å². The van der Waals surface area contributed by atoms with Gasteiger partial charge in [-0.3, -0.25) is 19.2 Å². The van der Waals surface area contributed by atoms with Crippen molar-refractivity contribution < 1.29 is 19.2 Å². The maximum Gasteiger partial charge on any atom is 0.281 e. The number of allylic oxidation sites excluding steroid dienone is 2. The number of hydrogen-bond acceptors (Lipinski definition) is 4. The maximum atomic E-state index is 12.7. The molecule has 2 fully saturated rings. The summed E-state index contributed by atoms with van der Waals surface area (Å²) in [5.41, 5.74) is 0.465. The third-order valence-corrected chi connectivity index (χ3v) is 5.42. The average molecular weight is 308 g/mol. The van der Waals surface area contributed by atoms with Crippen LogP contribution in [0.25, 0.3) is 0 Å². The van der Waals surface area contributed by atoms with Gasteiger partial charge in [0.1, 0.15) is 0 Å². The fourth-order valence-electron chi connectivity index (χ4n) is 4.44. The number of rotatable bonds is 1. The van der Waals surface area contributed by atoms with E-state index in [1.54, 1.807) is 12.1 Å². The second-order valence-electron chi connectivity index (χ2n) is 6.46. The van der Waals surface area contributed by atoms with Crippen LogP contribution in [-0.4, -0.2) is 33.6 Å². The van der Waals surface area contributed by atoms with Gasteiger partial charge in [-0.2, -0.15) is 10.0 Å². The summed E-state index contributed by atoms with van der Waals surface area (Å²) in [5, 5.41) is 1.53. The number of hydrazine groups is 1. The van der Waals surface area contributed by atoms with Crippen LogP contribution in [0.2, 0.25) is 0 Å². The fraction of sp³-hybridized carbons (Fsp3) is 0.294. The summed E-state index contributed by atoms with van der Waals surface area (Å²) in [7, 11) is 0. The molecule has 2 bridgehead atoms. The van der Waals surface area contributed by atoms with Crippen LogP contribution in [0.15, 0.2) is 36.4 Å². The summed E-state index contributed by atoms with van der Waals surface area (Å²) in [6.45, 7) is 0. The van der Waals surface area contributed by atoms with Crippen molar-refractivity contribution >= 4 is 23.6 Å². The van der Waals surface area contributed by atoms with Crippen LogP contribution >= 0.6 is 0 Å². The van der Waals surface area contributed by atoms with Gasteiger partial charge in [-0.25, -0.2) is 0 Å². The second-order valence-corrected chi connectivity index (χ2v) is 6.46. The van der Waals surface area contributed by atoms with Gasteiger partial charge in [0.2, 0.25) is 0 Å². The Labute approximate surface area is 131 Å². The third kappa shape index (κ3) is 1.34. The predicted octanol–water partition coefficient (Wildman–Crippen LogP) is 1.00. The molecule has 0 radical (unpaired) electrons. The highest BCUT2D eigenvalue weighted by atomic mass is 16.2. The van der Waals surface area contributed by atoms with E-state index in [0.29, 0.717) is 0 Å². The van der Waals surface area contributed by atoms with E-state index in [0.717, 1.165) is 16.4 Å². The molecule has 0 aromatic heterocycles. The number of imide groups is 2. The van der Waals surface area contributed by atoms with Crippen LogP contribution in [0.3, 0.4) is 0 Å². The van der Waals surface area contributed by atoms with Gasteiger partial charge < -0.3 is 0 Å². The Morgan fingerprint density at radius 2 is 1.22 bits per heavy atom. The van der Waals surface area contributed by atoms with Gasteiger partial charge in [0.25, 0.3) is 23.6 Å². The number of carbonyl (C=O) groups is 4. The predicted molar refractivity (Wildman–Crippen MR) is 76.5 cm³/mol. The SMILES string of the molecule is O=C1c2ccccc2C(=O)N1N1C(=O)[C@H]2[C@H](C1=O)[C@H]1C=C[C@H]2C1. The molecule has 23 heavy (non-hydrogen) atoms. The van der Waals surface area contributed by atoms with E-state index in [9.17, 15) is 19.2 Å². The summed E-state index contributed by atoms with van der Waals surface area (Å²) in [6.07, 6.45) is 4.76. The smallest absolute Gasteiger partial charge is 0.272 e. The fourth-order valence-corrected chi connectivity index (χ4v) is 4.44.